The first kappa shape index (κ1) is 28.4. The summed E-state index contributed by atoms with van der Waals surface area (Å²) in [4.78, 5) is 29.2. The highest BCUT2D eigenvalue weighted by Gasteiger charge is 2.71. The van der Waals surface area contributed by atoms with Gasteiger partial charge in [-0.05, 0) is 125 Å². The molecule has 0 saturated heterocycles. The van der Waals surface area contributed by atoms with Crippen LogP contribution in [0.5, 0.6) is 0 Å². The van der Waals surface area contributed by atoms with Gasteiger partial charge >= 0.3 is 0 Å². The van der Waals surface area contributed by atoms with Gasteiger partial charge in [-0.1, -0.05) is 46.8 Å². The number of hydrogen-bond acceptors (Lipinski definition) is 3. The maximum absolute atomic E-state index is 14.0. The lowest BCUT2D eigenvalue weighted by Gasteiger charge is -2.72. The predicted molar refractivity (Wildman–Crippen MR) is 156 cm³/mol. The molecule has 5 saturated carbocycles. The third-order valence-corrected chi connectivity index (χ3v) is 14.1. The first-order valence-corrected chi connectivity index (χ1v) is 15.8. The van der Waals surface area contributed by atoms with Crippen LogP contribution in [0.25, 0.3) is 0 Å². The summed E-state index contributed by atoms with van der Waals surface area (Å²) >= 11 is 0. The van der Waals surface area contributed by atoms with Crippen molar-refractivity contribution in [2.24, 2.45) is 56.7 Å². The van der Waals surface area contributed by atoms with Crippen molar-refractivity contribution >= 4 is 11.7 Å². The van der Waals surface area contributed by atoms with Crippen LogP contribution in [0.15, 0.2) is 12.2 Å². The molecule has 4 nitrogen and oxygen atoms in total. The minimum atomic E-state index is -0.232. The van der Waals surface area contributed by atoms with Crippen LogP contribution in [0, 0.1) is 56.7 Å². The Kier molecular flexibility index (Phi) is 6.85. The third-order valence-electron chi connectivity index (χ3n) is 14.1. The molecule has 5 fully saturated rings. The van der Waals surface area contributed by atoms with E-state index in [-0.39, 0.29) is 27.1 Å². The van der Waals surface area contributed by atoms with Gasteiger partial charge in [-0.25, -0.2) is 0 Å². The minimum absolute atomic E-state index is 0.199. The van der Waals surface area contributed by atoms with Crippen LogP contribution in [0.1, 0.15) is 106 Å². The minimum Gasteiger partial charge on any atom is -0.354 e. The highest BCUT2D eigenvalue weighted by Crippen LogP contribution is 2.77. The van der Waals surface area contributed by atoms with Crippen LogP contribution >= 0.6 is 0 Å². The summed E-state index contributed by atoms with van der Waals surface area (Å²) in [7, 11) is 4.15. The Bertz CT molecular complexity index is 1000. The van der Waals surface area contributed by atoms with E-state index in [1.54, 1.807) is 0 Å². The largest absolute Gasteiger partial charge is 0.354 e. The molecule has 0 heterocycles. The SMILES string of the molecule is C=C(C)[C@@H]1CC[C@]2(C(=O)NCCN(C)C)CC[C@]3(C)[C@H](CCC4[C@@]5(C)CCC(=O)C(C)(C)[C@@H]5CC[C@]43C)[C@@H]12. The zero-order valence-corrected chi connectivity index (χ0v) is 25.8. The monoisotopic (exact) mass is 524 g/mol. The fourth-order valence-corrected chi connectivity index (χ4v) is 11.9. The number of nitrogens with one attached hydrogen (secondary N) is 1. The molecule has 0 spiro atoms. The average Bonchev–Trinajstić information content (AvgIpc) is 3.23. The van der Waals surface area contributed by atoms with E-state index in [1.165, 1.54) is 31.3 Å². The number of ketones is 1. The fraction of sp³-hybridized carbons (Fsp3) is 0.882. The zero-order valence-electron chi connectivity index (χ0n) is 25.8. The van der Waals surface area contributed by atoms with E-state index in [0.29, 0.717) is 41.3 Å². The molecule has 1 N–H and O–H groups in total. The molecule has 214 valence electrons. The van der Waals surface area contributed by atoms with E-state index in [0.717, 1.165) is 51.6 Å². The summed E-state index contributed by atoms with van der Waals surface area (Å²) in [5.74, 6) is 3.40. The Hall–Kier alpha value is -1.16. The van der Waals surface area contributed by atoms with E-state index < -0.39 is 0 Å². The van der Waals surface area contributed by atoms with Gasteiger partial charge in [0.2, 0.25) is 5.91 Å². The average molecular weight is 525 g/mol. The highest BCUT2D eigenvalue weighted by atomic mass is 16.2. The fourth-order valence-electron chi connectivity index (χ4n) is 11.9. The third kappa shape index (κ3) is 3.70. The van der Waals surface area contributed by atoms with Gasteiger partial charge in [0.1, 0.15) is 5.78 Å². The van der Waals surface area contributed by atoms with Gasteiger partial charge in [-0.2, -0.15) is 0 Å². The molecule has 0 radical (unpaired) electrons. The van der Waals surface area contributed by atoms with Crippen LogP contribution in [-0.2, 0) is 9.59 Å². The Morgan fingerprint density at radius 2 is 1.63 bits per heavy atom. The molecule has 0 bridgehead atoms. The number of carbonyl (C=O) groups excluding carboxylic acids is 2. The summed E-state index contributed by atoms with van der Waals surface area (Å²) in [5, 5.41) is 3.39. The number of Topliss-reactive ketones (excluding diaryl/α,β-unsaturated/α-hetero) is 1. The van der Waals surface area contributed by atoms with Crippen molar-refractivity contribution in [3.05, 3.63) is 12.2 Å². The Balaban J connectivity index is 1.50. The summed E-state index contributed by atoms with van der Waals surface area (Å²) in [6, 6.07) is 0. The van der Waals surface area contributed by atoms with Crippen molar-refractivity contribution in [1.29, 1.82) is 0 Å². The van der Waals surface area contributed by atoms with Gasteiger partial charge in [0.05, 0.1) is 5.41 Å². The second-order valence-corrected chi connectivity index (χ2v) is 16.0. The van der Waals surface area contributed by atoms with Crippen molar-refractivity contribution in [1.82, 2.24) is 10.2 Å². The number of fused-ring (bicyclic) bond motifs is 7. The van der Waals surface area contributed by atoms with Crippen molar-refractivity contribution in [2.45, 2.75) is 106 Å². The normalized spacial score (nSPS) is 47.5. The van der Waals surface area contributed by atoms with Crippen LogP contribution in [0.3, 0.4) is 0 Å². The number of allylic oxidation sites excluding steroid dienone is 1. The highest BCUT2D eigenvalue weighted by molar-refractivity contribution is 5.85. The Morgan fingerprint density at radius 1 is 0.921 bits per heavy atom. The molecule has 0 aromatic carbocycles. The molecule has 4 heteroatoms. The van der Waals surface area contributed by atoms with Crippen molar-refractivity contribution in [3.63, 3.8) is 0 Å². The van der Waals surface area contributed by atoms with Gasteiger partial charge in [0, 0.05) is 24.9 Å². The van der Waals surface area contributed by atoms with E-state index in [9.17, 15) is 9.59 Å². The van der Waals surface area contributed by atoms with Crippen molar-refractivity contribution < 1.29 is 9.59 Å². The smallest absolute Gasteiger partial charge is 0.226 e. The van der Waals surface area contributed by atoms with Crippen LogP contribution in [0.4, 0.5) is 0 Å². The van der Waals surface area contributed by atoms with E-state index >= 15 is 0 Å². The van der Waals surface area contributed by atoms with E-state index in [2.05, 4.69) is 72.4 Å². The molecule has 0 aromatic rings. The van der Waals surface area contributed by atoms with E-state index in [1.807, 2.05) is 0 Å². The van der Waals surface area contributed by atoms with Gasteiger partial charge in [-0.15, -0.1) is 0 Å². The lowest BCUT2D eigenvalue weighted by molar-refractivity contribution is -0.233. The summed E-state index contributed by atoms with van der Waals surface area (Å²) in [5.41, 5.74) is 1.58. The molecule has 5 aliphatic carbocycles. The number of likely N-dealkylation sites (N-methyl/N-ethyl adjacent to an activating group) is 1. The molecule has 0 aliphatic heterocycles. The van der Waals surface area contributed by atoms with Crippen LogP contribution in [-0.4, -0.2) is 43.8 Å². The first-order chi connectivity index (χ1) is 17.6. The Morgan fingerprint density at radius 3 is 2.29 bits per heavy atom. The maximum atomic E-state index is 14.0. The lowest BCUT2D eigenvalue weighted by Crippen LogP contribution is -2.67. The quantitative estimate of drug-likeness (QED) is 0.398. The zero-order chi connectivity index (χ0) is 27.9. The number of rotatable bonds is 5. The topological polar surface area (TPSA) is 49.4 Å². The van der Waals surface area contributed by atoms with Crippen LogP contribution in [0.2, 0.25) is 0 Å². The molecule has 5 rings (SSSR count). The molecule has 1 unspecified atom stereocenters. The van der Waals surface area contributed by atoms with Gasteiger partial charge in [0.25, 0.3) is 0 Å². The number of carbonyl (C=O) groups is 2. The summed E-state index contributed by atoms with van der Waals surface area (Å²) in [6.07, 6.45) is 11.0. The second kappa shape index (κ2) is 9.18. The second-order valence-electron chi connectivity index (χ2n) is 16.0. The van der Waals surface area contributed by atoms with Gasteiger partial charge < -0.3 is 10.2 Å². The van der Waals surface area contributed by atoms with Gasteiger partial charge in [0.15, 0.2) is 0 Å². The molecule has 0 aromatic heterocycles. The summed E-state index contributed by atoms with van der Waals surface area (Å²) in [6.45, 7) is 20.6. The van der Waals surface area contributed by atoms with Crippen molar-refractivity contribution in [3.8, 4) is 0 Å². The molecular weight excluding hydrogens is 468 g/mol. The number of amides is 1. The molecule has 5 aliphatic rings. The number of hydrogen-bond donors (Lipinski definition) is 1. The standard InChI is InChI=1S/C34H56N2O2/c1-22(2)23-12-17-34(29(38)35-20-21-36(8)9)19-18-32(6)24(28(23)34)10-11-26-31(5)15-14-27(37)30(3,4)25(31)13-16-33(26,32)7/h23-26,28H,1,10-21H2,2-9H3,(H,35,38)/t23-,24+,25-,26?,28+,31-,32+,33+,34-/m0/s1. The predicted octanol–water partition coefficient (Wildman–Crippen LogP) is 6.89. The molecule has 38 heavy (non-hydrogen) atoms. The number of nitrogens with zero attached hydrogens (tertiary/aromatic N) is 1. The summed E-state index contributed by atoms with van der Waals surface area (Å²) < 4.78 is 0. The molecular formula is C34H56N2O2. The Labute approximate surface area is 233 Å². The van der Waals surface area contributed by atoms with Crippen LogP contribution < -0.4 is 5.32 Å². The lowest BCUT2D eigenvalue weighted by atomic mass is 9.32. The van der Waals surface area contributed by atoms with Crippen molar-refractivity contribution in [2.75, 3.05) is 27.2 Å². The van der Waals surface area contributed by atoms with E-state index in [4.69, 9.17) is 0 Å². The molecule has 1 amide bonds. The first-order valence-electron chi connectivity index (χ1n) is 15.8. The van der Waals surface area contributed by atoms with Gasteiger partial charge in [-0.3, -0.25) is 9.59 Å². The molecule has 9 atom stereocenters. The maximum Gasteiger partial charge on any atom is 0.226 e.